The van der Waals surface area contributed by atoms with Crippen molar-refractivity contribution in [3.63, 3.8) is 0 Å². The Morgan fingerprint density at radius 3 is 2.58 bits per heavy atom. The van der Waals surface area contributed by atoms with E-state index in [1.165, 1.54) is 5.56 Å². The largest absolute Gasteiger partial charge is 0.480 e. The van der Waals surface area contributed by atoms with Crippen molar-refractivity contribution in [1.29, 1.82) is 0 Å². The van der Waals surface area contributed by atoms with Crippen molar-refractivity contribution in [2.45, 2.75) is 72.1 Å². The number of carbonyl (C=O) groups is 2. The number of amides is 1. The summed E-state index contributed by atoms with van der Waals surface area (Å²) in [6.45, 7) is 7.81. The van der Waals surface area contributed by atoms with Gasteiger partial charge in [0.15, 0.2) is 0 Å². The molecule has 7 nitrogen and oxygen atoms in total. The standard InChI is InChI=1S/C24H32N2O5/c1-14(2)21(24(28)29)26-22(27)18-6-5-7-19(12-18)30-13-20-16(4)31-23(25-20)17-10-8-15(3)9-11-17/h8-11,14,18-19,21H,5-7,12-13H2,1-4H3,(H,26,27)(H,28,29)/t18?,19?,21-/m1/s1. The predicted molar refractivity (Wildman–Crippen MR) is 116 cm³/mol. The van der Waals surface area contributed by atoms with Gasteiger partial charge in [-0.25, -0.2) is 9.78 Å². The molecule has 1 amide bonds. The number of carbonyl (C=O) groups excluding carboxylic acids is 1. The minimum Gasteiger partial charge on any atom is -0.480 e. The minimum absolute atomic E-state index is 0.0641. The molecular formula is C24H32N2O5. The van der Waals surface area contributed by atoms with Gasteiger partial charge in [0, 0.05) is 11.5 Å². The van der Waals surface area contributed by atoms with E-state index in [4.69, 9.17) is 9.15 Å². The topological polar surface area (TPSA) is 102 Å². The quantitative estimate of drug-likeness (QED) is 0.651. The van der Waals surface area contributed by atoms with Gasteiger partial charge in [-0.1, -0.05) is 38.0 Å². The number of ether oxygens (including phenoxy) is 1. The molecule has 31 heavy (non-hydrogen) atoms. The van der Waals surface area contributed by atoms with Crippen molar-refractivity contribution in [3.05, 3.63) is 41.3 Å². The fourth-order valence-corrected chi connectivity index (χ4v) is 3.90. The van der Waals surface area contributed by atoms with Gasteiger partial charge in [0.05, 0.1) is 12.7 Å². The first-order valence-corrected chi connectivity index (χ1v) is 10.9. The smallest absolute Gasteiger partial charge is 0.326 e. The van der Waals surface area contributed by atoms with Crippen LogP contribution in [0.2, 0.25) is 0 Å². The summed E-state index contributed by atoms with van der Waals surface area (Å²) in [4.78, 5) is 28.6. The molecule has 2 aromatic rings. The third-order valence-corrected chi connectivity index (χ3v) is 5.87. The molecule has 3 atom stereocenters. The van der Waals surface area contributed by atoms with Crippen LogP contribution in [-0.4, -0.2) is 34.1 Å². The molecule has 0 aliphatic heterocycles. The van der Waals surface area contributed by atoms with Gasteiger partial charge >= 0.3 is 5.97 Å². The first kappa shape index (κ1) is 23.0. The molecule has 3 rings (SSSR count). The van der Waals surface area contributed by atoms with Crippen LogP contribution < -0.4 is 5.32 Å². The lowest BCUT2D eigenvalue weighted by Crippen LogP contribution is -2.47. The van der Waals surface area contributed by atoms with Crippen LogP contribution in [0, 0.1) is 25.7 Å². The van der Waals surface area contributed by atoms with Gasteiger partial charge in [0.2, 0.25) is 11.8 Å². The molecule has 2 N–H and O–H groups in total. The summed E-state index contributed by atoms with van der Waals surface area (Å²) in [7, 11) is 0. The maximum Gasteiger partial charge on any atom is 0.326 e. The molecule has 7 heteroatoms. The summed E-state index contributed by atoms with van der Waals surface area (Å²) in [6.07, 6.45) is 3.01. The average molecular weight is 429 g/mol. The SMILES string of the molecule is Cc1ccc(-c2nc(COC3CCCC(C(=O)N[C@@H](C(=O)O)C(C)C)C3)c(C)o2)cc1. The van der Waals surface area contributed by atoms with Crippen LogP contribution >= 0.6 is 0 Å². The van der Waals surface area contributed by atoms with Crippen LogP contribution in [0.1, 0.15) is 56.5 Å². The Hall–Kier alpha value is -2.67. The molecule has 0 saturated heterocycles. The van der Waals surface area contributed by atoms with Crippen molar-refractivity contribution in [3.8, 4) is 11.5 Å². The fourth-order valence-electron chi connectivity index (χ4n) is 3.90. The highest BCUT2D eigenvalue weighted by molar-refractivity contribution is 5.85. The Morgan fingerprint density at radius 1 is 1.23 bits per heavy atom. The van der Waals surface area contributed by atoms with Crippen molar-refractivity contribution in [2.75, 3.05) is 0 Å². The molecule has 0 radical (unpaired) electrons. The normalized spacial score (nSPS) is 19.9. The van der Waals surface area contributed by atoms with E-state index in [2.05, 4.69) is 10.3 Å². The molecule has 2 unspecified atom stereocenters. The van der Waals surface area contributed by atoms with Crippen molar-refractivity contribution in [1.82, 2.24) is 10.3 Å². The number of oxazole rings is 1. The van der Waals surface area contributed by atoms with Crippen LogP contribution in [0.15, 0.2) is 28.7 Å². The van der Waals surface area contributed by atoms with E-state index in [0.717, 1.165) is 36.3 Å². The van der Waals surface area contributed by atoms with Gasteiger partial charge in [-0.3, -0.25) is 4.79 Å². The number of aromatic nitrogens is 1. The number of nitrogens with zero attached hydrogens (tertiary/aromatic N) is 1. The second-order valence-electron chi connectivity index (χ2n) is 8.75. The first-order chi connectivity index (χ1) is 14.7. The Balaban J connectivity index is 1.57. The summed E-state index contributed by atoms with van der Waals surface area (Å²) < 4.78 is 11.9. The number of nitrogens with one attached hydrogen (secondary N) is 1. The lowest BCUT2D eigenvalue weighted by molar-refractivity contribution is -0.144. The molecule has 168 valence electrons. The third kappa shape index (κ3) is 5.94. The Kier molecular flexibility index (Phi) is 7.49. The molecule has 0 spiro atoms. The van der Waals surface area contributed by atoms with Crippen LogP contribution in [0.4, 0.5) is 0 Å². The molecular weight excluding hydrogens is 396 g/mol. The number of hydrogen-bond acceptors (Lipinski definition) is 5. The van der Waals surface area contributed by atoms with Crippen LogP contribution in [-0.2, 0) is 20.9 Å². The number of benzene rings is 1. The number of rotatable bonds is 8. The lowest BCUT2D eigenvalue weighted by atomic mass is 9.86. The van der Waals surface area contributed by atoms with E-state index in [1.807, 2.05) is 38.1 Å². The molecule has 1 aromatic heterocycles. The lowest BCUT2D eigenvalue weighted by Gasteiger charge is -2.29. The monoisotopic (exact) mass is 428 g/mol. The summed E-state index contributed by atoms with van der Waals surface area (Å²) in [5.41, 5.74) is 2.86. The Morgan fingerprint density at radius 2 is 1.94 bits per heavy atom. The maximum atomic E-state index is 12.6. The molecule has 1 saturated carbocycles. The van der Waals surface area contributed by atoms with Crippen LogP contribution in [0.5, 0.6) is 0 Å². The van der Waals surface area contributed by atoms with Gasteiger partial charge in [-0.2, -0.15) is 0 Å². The van der Waals surface area contributed by atoms with Gasteiger partial charge in [-0.15, -0.1) is 0 Å². The first-order valence-electron chi connectivity index (χ1n) is 10.9. The van der Waals surface area contributed by atoms with Gasteiger partial charge in [-0.05, 0) is 51.2 Å². The van der Waals surface area contributed by atoms with Gasteiger partial charge in [0.1, 0.15) is 17.5 Å². The van der Waals surface area contributed by atoms with Crippen LogP contribution in [0.3, 0.4) is 0 Å². The Labute approximate surface area is 183 Å². The van der Waals surface area contributed by atoms with Crippen molar-refractivity contribution >= 4 is 11.9 Å². The third-order valence-electron chi connectivity index (χ3n) is 5.87. The zero-order valence-corrected chi connectivity index (χ0v) is 18.7. The second-order valence-corrected chi connectivity index (χ2v) is 8.75. The zero-order valence-electron chi connectivity index (χ0n) is 18.7. The highest BCUT2D eigenvalue weighted by atomic mass is 16.5. The van der Waals surface area contributed by atoms with Gasteiger partial charge < -0.3 is 19.6 Å². The number of carboxylic acid groups (broad SMARTS) is 1. The summed E-state index contributed by atoms with van der Waals surface area (Å²) in [6, 6.07) is 7.14. The highest BCUT2D eigenvalue weighted by Gasteiger charge is 2.31. The second kappa shape index (κ2) is 10.1. The van der Waals surface area contributed by atoms with Crippen molar-refractivity contribution < 1.29 is 23.8 Å². The number of aliphatic carboxylic acids is 1. The summed E-state index contributed by atoms with van der Waals surface area (Å²) in [5, 5.41) is 12.0. The average Bonchev–Trinajstić information content (AvgIpc) is 3.11. The summed E-state index contributed by atoms with van der Waals surface area (Å²) in [5.74, 6) is -0.311. The van der Waals surface area contributed by atoms with Crippen LogP contribution in [0.25, 0.3) is 11.5 Å². The van der Waals surface area contributed by atoms with Crippen molar-refractivity contribution in [2.24, 2.45) is 11.8 Å². The van der Waals surface area contributed by atoms with Gasteiger partial charge in [0.25, 0.3) is 0 Å². The molecule has 1 heterocycles. The minimum atomic E-state index is -1.00. The fraction of sp³-hybridized carbons (Fsp3) is 0.542. The van der Waals surface area contributed by atoms with E-state index >= 15 is 0 Å². The molecule has 1 fully saturated rings. The predicted octanol–water partition coefficient (Wildman–Crippen LogP) is 4.26. The Bertz CT molecular complexity index is 903. The van der Waals surface area contributed by atoms with E-state index in [0.29, 0.717) is 18.9 Å². The summed E-state index contributed by atoms with van der Waals surface area (Å²) >= 11 is 0. The highest BCUT2D eigenvalue weighted by Crippen LogP contribution is 2.29. The molecule has 1 aliphatic rings. The number of hydrogen-bond donors (Lipinski definition) is 2. The maximum absolute atomic E-state index is 12.6. The molecule has 1 aromatic carbocycles. The molecule has 0 bridgehead atoms. The van der Waals surface area contributed by atoms with E-state index in [1.54, 1.807) is 13.8 Å². The van der Waals surface area contributed by atoms with E-state index in [-0.39, 0.29) is 23.8 Å². The number of aryl methyl sites for hydroxylation is 2. The van der Waals surface area contributed by atoms with E-state index < -0.39 is 12.0 Å². The van der Waals surface area contributed by atoms with E-state index in [9.17, 15) is 14.7 Å². The zero-order chi connectivity index (χ0) is 22.5. The number of carboxylic acids is 1. The molecule has 1 aliphatic carbocycles.